The molecule has 70 valence electrons. The van der Waals surface area contributed by atoms with Gasteiger partial charge in [-0.3, -0.25) is 0 Å². The molecule has 2 aromatic rings. The molecule has 1 aromatic heterocycles. The molecule has 0 unspecified atom stereocenters. The molecule has 0 amide bonds. The first kappa shape index (κ1) is 8.21. The summed E-state index contributed by atoms with van der Waals surface area (Å²) in [5.74, 6) is 0. The minimum Gasteiger partial charge on any atom is -0.359 e. The van der Waals surface area contributed by atoms with Crippen molar-refractivity contribution in [3.05, 3.63) is 58.3 Å². The highest BCUT2D eigenvalue weighted by atomic mass is 32.1. The molecule has 2 atom stereocenters. The Bertz CT molecular complexity index is 407. The smallest absolute Gasteiger partial charge is 0.123 e. The zero-order valence-corrected chi connectivity index (χ0v) is 8.41. The van der Waals surface area contributed by atoms with E-state index in [0.29, 0.717) is 6.10 Å². The third kappa shape index (κ3) is 1.37. The Labute approximate surface area is 87.0 Å². The summed E-state index contributed by atoms with van der Waals surface area (Å²) in [5.41, 5.74) is 1.28. The summed E-state index contributed by atoms with van der Waals surface area (Å²) >= 11 is 1.77. The second-order valence-electron chi connectivity index (χ2n) is 3.40. The summed E-state index contributed by atoms with van der Waals surface area (Å²) in [6, 6.07) is 14.6. The summed E-state index contributed by atoms with van der Waals surface area (Å²) < 4.78 is 5.66. The fraction of sp³-hybridized carbons (Fsp3) is 0.167. The van der Waals surface area contributed by atoms with Gasteiger partial charge >= 0.3 is 0 Å². The number of thiophene rings is 1. The molecule has 0 saturated carbocycles. The molecule has 3 rings (SSSR count). The van der Waals surface area contributed by atoms with Crippen LogP contribution in [-0.2, 0) is 4.74 Å². The quantitative estimate of drug-likeness (QED) is 0.678. The Morgan fingerprint density at radius 3 is 2.50 bits per heavy atom. The number of rotatable bonds is 2. The maximum absolute atomic E-state index is 5.66. The van der Waals surface area contributed by atoms with E-state index < -0.39 is 0 Å². The van der Waals surface area contributed by atoms with Crippen molar-refractivity contribution < 1.29 is 4.74 Å². The lowest BCUT2D eigenvalue weighted by Gasteiger charge is -1.92. The lowest BCUT2D eigenvalue weighted by Crippen LogP contribution is -1.80. The SMILES string of the molecule is c1ccc([C@@H]2O[C@H]2c2cccs2)cc1. The van der Waals surface area contributed by atoms with Gasteiger partial charge in [-0.25, -0.2) is 0 Å². The maximum atomic E-state index is 5.66. The largest absolute Gasteiger partial charge is 0.359 e. The minimum absolute atomic E-state index is 0.287. The average molecular weight is 202 g/mol. The standard InChI is InChI=1S/C12H10OS/c1-2-5-9(6-3-1)11-12(13-11)10-7-4-8-14-10/h1-8,11-12H/t11-,12-/m0/s1. The molecule has 2 heterocycles. The molecule has 0 radical (unpaired) electrons. The number of hydrogen-bond acceptors (Lipinski definition) is 2. The van der Waals surface area contributed by atoms with E-state index in [2.05, 4.69) is 41.8 Å². The van der Waals surface area contributed by atoms with Gasteiger partial charge in [0.05, 0.1) is 0 Å². The normalized spacial score (nSPS) is 24.9. The van der Waals surface area contributed by atoms with Gasteiger partial charge in [-0.2, -0.15) is 0 Å². The molecule has 2 heteroatoms. The Balaban J connectivity index is 1.81. The van der Waals surface area contributed by atoms with Crippen molar-refractivity contribution in [2.45, 2.75) is 12.2 Å². The van der Waals surface area contributed by atoms with Gasteiger partial charge in [0.2, 0.25) is 0 Å². The summed E-state index contributed by atoms with van der Waals surface area (Å²) in [4.78, 5) is 1.33. The van der Waals surface area contributed by atoms with Gasteiger partial charge in [0.15, 0.2) is 0 Å². The van der Waals surface area contributed by atoms with Crippen LogP contribution < -0.4 is 0 Å². The van der Waals surface area contributed by atoms with Crippen molar-refractivity contribution >= 4 is 11.3 Å². The van der Waals surface area contributed by atoms with Crippen molar-refractivity contribution in [3.8, 4) is 0 Å². The van der Waals surface area contributed by atoms with Crippen LogP contribution >= 0.6 is 11.3 Å². The fourth-order valence-electron chi connectivity index (χ4n) is 1.68. The van der Waals surface area contributed by atoms with E-state index in [1.54, 1.807) is 11.3 Å². The molecular formula is C12H10OS. The van der Waals surface area contributed by atoms with Gasteiger partial charge in [0.25, 0.3) is 0 Å². The Hall–Kier alpha value is -1.12. The first-order valence-electron chi connectivity index (χ1n) is 4.69. The first-order chi connectivity index (χ1) is 6.95. The van der Waals surface area contributed by atoms with Crippen LogP contribution in [0.25, 0.3) is 0 Å². The first-order valence-corrected chi connectivity index (χ1v) is 5.57. The van der Waals surface area contributed by atoms with Crippen molar-refractivity contribution in [1.82, 2.24) is 0 Å². The predicted octanol–water partition coefficient (Wildman–Crippen LogP) is 3.56. The Kier molecular flexibility index (Phi) is 1.89. The fourth-order valence-corrected chi connectivity index (χ4v) is 2.46. The molecule has 1 aromatic carbocycles. The Morgan fingerprint density at radius 2 is 1.79 bits per heavy atom. The second-order valence-corrected chi connectivity index (χ2v) is 4.38. The third-order valence-electron chi connectivity index (χ3n) is 2.44. The van der Waals surface area contributed by atoms with Crippen molar-refractivity contribution in [2.24, 2.45) is 0 Å². The molecule has 0 N–H and O–H groups in total. The number of benzene rings is 1. The van der Waals surface area contributed by atoms with E-state index in [4.69, 9.17) is 4.74 Å². The molecule has 0 bridgehead atoms. The van der Waals surface area contributed by atoms with Crippen LogP contribution in [0.4, 0.5) is 0 Å². The molecule has 14 heavy (non-hydrogen) atoms. The van der Waals surface area contributed by atoms with E-state index in [-0.39, 0.29) is 6.10 Å². The minimum atomic E-state index is 0.287. The molecule has 1 aliphatic heterocycles. The molecule has 1 fully saturated rings. The molecule has 1 aliphatic rings. The summed E-state index contributed by atoms with van der Waals surface area (Å²) in [6.07, 6.45) is 0.590. The summed E-state index contributed by atoms with van der Waals surface area (Å²) in [7, 11) is 0. The van der Waals surface area contributed by atoms with Gasteiger partial charge in [-0.1, -0.05) is 36.4 Å². The molecule has 1 saturated heterocycles. The zero-order chi connectivity index (χ0) is 9.38. The van der Waals surface area contributed by atoms with Gasteiger partial charge in [0, 0.05) is 4.88 Å². The van der Waals surface area contributed by atoms with Crippen LogP contribution in [0.3, 0.4) is 0 Å². The van der Waals surface area contributed by atoms with Crippen LogP contribution in [0.2, 0.25) is 0 Å². The highest BCUT2D eigenvalue weighted by Crippen LogP contribution is 2.51. The highest BCUT2D eigenvalue weighted by molar-refractivity contribution is 7.10. The average Bonchev–Trinajstić information content (AvgIpc) is 2.87. The van der Waals surface area contributed by atoms with E-state index in [9.17, 15) is 0 Å². The third-order valence-corrected chi connectivity index (χ3v) is 3.38. The van der Waals surface area contributed by atoms with Crippen LogP contribution in [-0.4, -0.2) is 0 Å². The van der Waals surface area contributed by atoms with Crippen molar-refractivity contribution in [3.63, 3.8) is 0 Å². The van der Waals surface area contributed by atoms with Gasteiger partial charge in [-0.15, -0.1) is 11.3 Å². The van der Waals surface area contributed by atoms with Crippen LogP contribution in [0.15, 0.2) is 47.8 Å². The number of epoxide rings is 1. The topological polar surface area (TPSA) is 12.5 Å². The highest BCUT2D eigenvalue weighted by Gasteiger charge is 2.41. The maximum Gasteiger partial charge on any atom is 0.123 e. The monoisotopic (exact) mass is 202 g/mol. The van der Waals surface area contributed by atoms with Gasteiger partial charge < -0.3 is 4.74 Å². The number of hydrogen-bond donors (Lipinski definition) is 0. The van der Waals surface area contributed by atoms with Gasteiger partial charge in [0.1, 0.15) is 12.2 Å². The second kappa shape index (κ2) is 3.23. The van der Waals surface area contributed by atoms with Gasteiger partial charge in [-0.05, 0) is 17.0 Å². The predicted molar refractivity (Wildman–Crippen MR) is 57.3 cm³/mol. The van der Waals surface area contributed by atoms with Crippen molar-refractivity contribution in [2.75, 3.05) is 0 Å². The van der Waals surface area contributed by atoms with Crippen LogP contribution in [0.5, 0.6) is 0 Å². The van der Waals surface area contributed by atoms with Crippen LogP contribution in [0, 0.1) is 0 Å². The van der Waals surface area contributed by atoms with E-state index in [1.165, 1.54) is 10.4 Å². The van der Waals surface area contributed by atoms with E-state index >= 15 is 0 Å². The molecule has 0 aliphatic carbocycles. The number of ether oxygens (including phenoxy) is 1. The Morgan fingerprint density at radius 1 is 0.929 bits per heavy atom. The lowest BCUT2D eigenvalue weighted by atomic mass is 10.1. The lowest BCUT2D eigenvalue weighted by molar-refractivity contribution is 0.379. The molecule has 0 spiro atoms. The van der Waals surface area contributed by atoms with Crippen molar-refractivity contribution in [1.29, 1.82) is 0 Å². The van der Waals surface area contributed by atoms with E-state index in [0.717, 1.165) is 0 Å². The zero-order valence-electron chi connectivity index (χ0n) is 7.59. The van der Waals surface area contributed by atoms with E-state index in [1.807, 2.05) is 6.07 Å². The summed E-state index contributed by atoms with van der Waals surface area (Å²) in [6.45, 7) is 0. The van der Waals surface area contributed by atoms with Crippen LogP contribution in [0.1, 0.15) is 22.6 Å². The molecule has 1 nitrogen and oxygen atoms in total. The molecular weight excluding hydrogens is 192 g/mol. The summed E-state index contributed by atoms with van der Waals surface area (Å²) in [5, 5.41) is 2.10.